The van der Waals surface area contributed by atoms with Crippen LogP contribution in [0, 0.1) is 0 Å². The Morgan fingerprint density at radius 3 is 2.14 bits per heavy atom. The van der Waals surface area contributed by atoms with Gasteiger partial charge in [-0.15, -0.1) is 0 Å². The van der Waals surface area contributed by atoms with E-state index < -0.39 is 5.60 Å². The summed E-state index contributed by atoms with van der Waals surface area (Å²) in [5.74, 6) is -0.441. The molecule has 1 saturated heterocycles. The van der Waals surface area contributed by atoms with Crippen molar-refractivity contribution in [3.05, 3.63) is 120 Å². The maximum absolute atomic E-state index is 13.1. The van der Waals surface area contributed by atoms with E-state index in [4.69, 9.17) is 4.74 Å². The quantitative estimate of drug-likeness (QED) is 0.429. The zero-order chi connectivity index (χ0) is 19.0. The van der Waals surface area contributed by atoms with Gasteiger partial charge in [0.05, 0.1) is 5.92 Å². The van der Waals surface area contributed by atoms with Gasteiger partial charge in [0.25, 0.3) is 0 Å². The summed E-state index contributed by atoms with van der Waals surface area (Å²) in [6.07, 6.45) is 0.591. The lowest BCUT2D eigenvalue weighted by molar-refractivity contribution is -0.147. The molecule has 0 saturated carbocycles. The molecule has 1 aliphatic rings. The topological polar surface area (TPSA) is 26.3 Å². The normalized spacial score (nSPS) is 21.6. The Morgan fingerprint density at radius 1 is 0.714 bits per heavy atom. The molecule has 0 unspecified atom stereocenters. The molecule has 4 aromatic carbocycles. The Hall–Kier alpha value is -3.39. The molecule has 2 heteroatoms. The number of hydrogen-bond acceptors (Lipinski definition) is 2. The fourth-order valence-corrected chi connectivity index (χ4v) is 4.38. The SMILES string of the molecule is O=C1O[C@](c2ccccc2)(c2cccc3ccccc23)C[C@H]1c1ccccc1. The van der Waals surface area contributed by atoms with Crippen molar-refractivity contribution < 1.29 is 9.53 Å². The number of carbonyl (C=O) groups is 1. The zero-order valence-corrected chi connectivity index (χ0v) is 15.4. The van der Waals surface area contributed by atoms with E-state index in [1.165, 1.54) is 0 Å². The molecule has 0 N–H and O–H groups in total. The lowest BCUT2D eigenvalue weighted by Crippen LogP contribution is -2.27. The summed E-state index contributed by atoms with van der Waals surface area (Å²) in [7, 11) is 0. The van der Waals surface area contributed by atoms with Crippen LogP contribution in [0.25, 0.3) is 10.8 Å². The smallest absolute Gasteiger partial charge is 0.314 e. The first-order valence-corrected chi connectivity index (χ1v) is 9.59. The van der Waals surface area contributed by atoms with Crippen molar-refractivity contribution >= 4 is 16.7 Å². The van der Waals surface area contributed by atoms with E-state index in [1.54, 1.807) is 0 Å². The van der Waals surface area contributed by atoms with Gasteiger partial charge in [0.2, 0.25) is 0 Å². The van der Waals surface area contributed by atoms with Crippen LogP contribution >= 0.6 is 0 Å². The Morgan fingerprint density at radius 2 is 1.36 bits per heavy atom. The predicted molar refractivity (Wildman–Crippen MR) is 111 cm³/mol. The van der Waals surface area contributed by atoms with Crippen LogP contribution in [0.15, 0.2) is 103 Å². The summed E-state index contributed by atoms with van der Waals surface area (Å²) >= 11 is 0. The monoisotopic (exact) mass is 364 g/mol. The van der Waals surface area contributed by atoms with Crippen molar-refractivity contribution in [3.63, 3.8) is 0 Å². The van der Waals surface area contributed by atoms with Crippen molar-refractivity contribution in [2.75, 3.05) is 0 Å². The average Bonchev–Trinajstić information content (AvgIpc) is 3.13. The molecule has 1 heterocycles. The van der Waals surface area contributed by atoms with E-state index in [9.17, 15) is 4.79 Å². The van der Waals surface area contributed by atoms with Gasteiger partial charge < -0.3 is 4.74 Å². The average molecular weight is 364 g/mol. The first-order valence-electron chi connectivity index (χ1n) is 9.59. The van der Waals surface area contributed by atoms with E-state index in [0.29, 0.717) is 6.42 Å². The van der Waals surface area contributed by atoms with Crippen molar-refractivity contribution in [1.29, 1.82) is 0 Å². The van der Waals surface area contributed by atoms with Gasteiger partial charge in [0.15, 0.2) is 5.60 Å². The number of esters is 1. The van der Waals surface area contributed by atoms with Gasteiger partial charge in [0, 0.05) is 17.5 Å². The summed E-state index contributed by atoms with van der Waals surface area (Å²) in [5, 5.41) is 2.27. The van der Waals surface area contributed by atoms with Crippen LogP contribution in [0.3, 0.4) is 0 Å². The highest BCUT2D eigenvalue weighted by Crippen LogP contribution is 2.50. The lowest BCUT2D eigenvalue weighted by atomic mass is 9.78. The maximum atomic E-state index is 13.1. The number of fused-ring (bicyclic) bond motifs is 1. The number of benzene rings is 4. The molecule has 0 radical (unpaired) electrons. The molecule has 1 aliphatic heterocycles. The third-order valence-electron chi connectivity index (χ3n) is 5.72. The third-order valence-corrected chi connectivity index (χ3v) is 5.72. The van der Waals surface area contributed by atoms with Gasteiger partial charge in [-0.25, -0.2) is 0 Å². The predicted octanol–water partition coefficient (Wildman–Crippen LogP) is 5.81. The molecule has 1 fully saturated rings. The first kappa shape index (κ1) is 16.8. The van der Waals surface area contributed by atoms with E-state index in [0.717, 1.165) is 27.5 Å². The van der Waals surface area contributed by atoms with E-state index >= 15 is 0 Å². The Bertz CT molecular complexity index is 1130. The number of rotatable bonds is 3. The highest BCUT2D eigenvalue weighted by Gasteiger charge is 2.50. The van der Waals surface area contributed by atoms with Crippen LogP contribution in [-0.4, -0.2) is 5.97 Å². The zero-order valence-electron chi connectivity index (χ0n) is 15.4. The summed E-state index contributed by atoms with van der Waals surface area (Å²) < 4.78 is 6.26. The molecular weight excluding hydrogens is 344 g/mol. The lowest BCUT2D eigenvalue weighted by Gasteiger charge is -2.30. The minimum Gasteiger partial charge on any atom is -0.449 e. The second-order valence-corrected chi connectivity index (χ2v) is 7.31. The first-order chi connectivity index (χ1) is 13.8. The van der Waals surface area contributed by atoms with E-state index in [2.05, 4.69) is 36.4 Å². The van der Waals surface area contributed by atoms with Crippen LogP contribution in [0.5, 0.6) is 0 Å². The second-order valence-electron chi connectivity index (χ2n) is 7.31. The highest BCUT2D eigenvalue weighted by atomic mass is 16.6. The summed E-state index contributed by atoms with van der Waals surface area (Å²) in [6, 6.07) is 34.6. The fourth-order valence-electron chi connectivity index (χ4n) is 4.38. The van der Waals surface area contributed by atoms with Crippen molar-refractivity contribution in [2.45, 2.75) is 17.9 Å². The molecule has 0 aromatic heterocycles. The van der Waals surface area contributed by atoms with Crippen LogP contribution in [0.2, 0.25) is 0 Å². The molecule has 0 amide bonds. The number of cyclic esters (lactones) is 1. The molecule has 28 heavy (non-hydrogen) atoms. The summed E-state index contributed by atoms with van der Waals surface area (Å²) in [6.45, 7) is 0. The molecule has 2 nitrogen and oxygen atoms in total. The van der Waals surface area contributed by atoms with Gasteiger partial charge in [-0.2, -0.15) is 0 Å². The second kappa shape index (κ2) is 6.65. The molecule has 0 bridgehead atoms. The highest BCUT2D eigenvalue weighted by molar-refractivity contribution is 5.89. The minimum atomic E-state index is -0.792. The molecule has 5 rings (SSSR count). The number of ether oxygens (including phenoxy) is 1. The maximum Gasteiger partial charge on any atom is 0.314 e. The van der Waals surface area contributed by atoms with Gasteiger partial charge in [-0.05, 0) is 16.3 Å². The van der Waals surface area contributed by atoms with Gasteiger partial charge in [-0.1, -0.05) is 103 Å². The van der Waals surface area contributed by atoms with Crippen LogP contribution < -0.4 is 0 Å². The fraction of sp³-hybridized carbons (Fsp3) is 0.115. The Labute approximate surface area is 164 Å². The summed E-state index contributed by atoms with van der Waals surface area (Å²) in [5.41, 5.74) is 2.27. The van der Waals surface area contributed by atoms with Crippen LogP contribution in [0.4, 0.5) is 0 Å². The van der Waals surface area contributed by atoms with Crippen LogP contribution in [-0.2, 0) is 15.1 Å². The molecule has 2 atom stereocenters. The molecule has 136 valence electrons. The standard InChI is InChI=1S/C26H20O2/c27-25-23(20-10-3-1-4-11-20)18-26(28-25,21-14-5-2-6-15-21)24-17-9-13-19-12-7-8-16-22(19)24/h1-17,23H,18H2/t23-,26+/m0/s1. The van der Waals surface area contributed by atoms with Crippen molar-refractivity contribution in [2.24, 2.45) is 0 Å². The number of carbonyl (C=O) groups excluding carboxylic acids is 1. The molecular formula is C26H20O2. The van der Waals surface area contributed by atoms with Crippen molar-refractivity contribution in [3.8, 4) is 0 Å². The van der Waals surface area contributed by atoms with Gasteiger partial charge in [0.1, 0.15) is 0 Å². The van der Waals surface area contributed by atoms with E-state index in [1.807, 2.05) is 66.7 Å². The van der Waals surface area contributed by atoms with Crippen molar-refractivity contribution in [1.82, 2.24) is 0 Å². The van der Waals surface area contributed by atoms with Gasteiger partial charge in [-0.3, -0.25) is 4.79 Å². The molecule has 0 spiro atoms. The minimum absolute atomic E-state index is 0.164. The summed E-state index contributed by atoms with van der Waals surface area (Å²) in [4.78, 5) is 13.1. The number of hydrogen-bond donors (Lipinski definition) is 0. The molecule has 0 aliphatic carbocycles. The van der Waals surface area contributed by atoms with Gasteiger partial charge >= 0.3 is 5.97 Å². The third kappa shape index (κ3) is 2.61. The molecule has 4 aromatic rings. The van der Waals surface area contributed by atoms with Crippen LogP contribution in [0.1, 0.15) is 29.0 Å². The Kier molecular flexibility index (Phi) is 3.98. The Balaban J connectivity index is 1.73. The van der Waals surface area contributed by atoms with E-state index in [-0.39, 0.29) is 11.9 Å². The largest absolute Gasteiger partial charge is 0.449 e.